The summed E-state index contributed by atoms with van der Waals surface area (Å²) < 4.78 is 0. The maximum absolute atomic E-state index is 5.65. The van der Waals surface area contributed by atoms with Crippen LogP contribution in [0.2, 0.25) is 0 Å². The third kappa shape index (κ3) is 3.95. The van der Waals surface area contributed by atoms with Crippen molar-refractivity contribution < 1.29 is 0 Å². The summed E-state index contributed by atoms with van der Waals surface area (Å²) in [5.74, 6) is 0.960. The fourth-order valence-corrected chi connectivity index (χ4v) is 2.07. The summed E-state index contributed by atoms with van der Waals surface area (Å²) in [4.78, 5) is 2.52. The molecule has 0 aliphatic heterocycles. The highest BCUT2D eigenvalue weighted by molar-refractivity contribution is 5.14. The summed E-state index contributed by atoms with van der Waals surface area (Å²) in [6, 6.07) is 10.7. The van der Waals surface area contributed by atoms with Crippen molar-refractivity contribution in [1.82, 2.24) is 4.90 Å². The molecule has 1 aromatic carbocycles. The summed E-state index contributed by atoms with van der Waals surface area (Å²) >= 11 is 0. The van der Waals surface area contributed by atoms with Crippen LogP contribution in [0.15, 0.2) is 30.3 Å². The van der Waals surface area contributed by atoms with Crippen LogP contribution in [0.3, 0.4) is 0 Å². The second-order valence-corrected chi connectivity index (χ2v) is 4.77. The lowest BCUT2D eigenvalue weighted by Gasteiger charge is -2.21. The number of benzene rings is 1. The van der Waals surface area contributed by atoms with E-state index in [1.807, 2.05) is 0 Å². The molecule has 0 radical (unpaired) electrons. The normalized spacial score (nSPS) is 15.6. The molecule has 0 atom stereocenters. The highest BCUT2D eigenvalue weighted by atomic mass is 15.1. The van der Waals surface area contributed by atoms with Crippen molar-refractivity contribution in [2.75, 3.05) is 26.2 Å². The van der Waals surface area contributed by atoms with Crippen LogP contribution in [0, 0.1) is 5.92 Å². The van der Waals surface area contributed by atoms with Crippen molar-refractivity contribution in [3.8, 4) is 0 Å². The van der Waals surface area contributed by atoms with Crippen molar-refractivity contribution in [3.05, 3.63) is 35.9 Å². The summed E-state index contributed by atoms with van der Waals surface area (Å²) in [7, 11) is 0. The summed E-state index contributed by atoms with van der Waals surface area (Å²) in [5.41, 5.74) is 7.08. The van der Waals surface area contributed by atoms with Gasteiger partial charge in [-0.05, 0) is 30.7 Å². The minimum absolute atomic E-state index is 0.779. The Labute approximate surface area is 98.4 Å². The molecule has 16 heavy (non-hydrogen) atoms. The van der Waals surface area contributed by atoms with Gasteiger partial charge in [-0.15, -0.1) is 0 Å². The standard InChI is InChI=1S/C14H22N2/c15-9-11-16(12-14-6-7-14)10-8-13-4-2-1-3-5-13/h1-5,14H,6-12,15H2. The maximum atomic E-state index is 5.65. The van der Waals surface area contributed by atoms with Gasteiger partial charge in [-0.2, -0.15) is 0 Å². The van der Waals surface area contributed by atoms with E-state index in [1.165, 1.54) is 24.9 Å². The van der Waals surface area contributed by atoms with Crippen LogP contribution in [0.4, 0.5) is 0 Å². The molecule has 0 saturated heterocycles. The largest absolute Gasteiger partial charge is 0.329 e. The first kappa shape index (κ1) is 11.6. The van der Waals surface area contributed by atoms with E-state index in [4.69, 9.17) is 5.73 Å². The van der Waals surface area contributed by atoms with Gasteiger partial charge in [0, 0.05) is 26.2 Å². The SMILES string of the molecule is NCCN(CCc1ccccc1)CC1CC1. The summed E-state index contributed by atoms with van der Waals surface area (Å²) in [5, 5.41) is 0. The Hall–Kier alpha value is -0.860. The van der Waals surface area contributed by atoms with Crippen LogP contribution in [-0.4, -0.2) is 31.1 Å². The van der Waals surface area contributed by atoms with E-state index in [9.17, 15) is 0 Å². The first-order valence-corrected chi connectivity index (χ1v) is 6.35. The van der Waals surface area contributed by atoms with Crippen LogP contribution in [0.25, 0.3) is 0 Å². The topological polar surface area (TPSA) is 29.3 Å². The van der Waals surface area contributed by atoms with Crippen molar-refractivity contribution in [1.29, 1.82) is 0 Å². The Bertz CT molecular complexity index is 293. The van der Waals surface area contributed by atoms with Gasteiger partial charge < -0.3 is 10.6 Å². The molecule has 0 bridgehead atoms. The molecule has 0 unspecified atom stereocenters. The van der Waals surface area contributed by atoms with Crippen molar-refractivity contribution in [2.45, 2.75) is 19.3 Å². The quantitative estimate of drug-likeness (QED) is 0.757. The van der Waals surface area contributed by atoms with Gasteiger partial charge in [0.25, 0.3) is 0 Å². The third-order valence-electron chi connectivity index (χ3n) is 3.22. The van der Waals surface area contributed by atoms with Crippen molar-refractivity contribution in [3.63, 3.8) is 0 Å². The zero-order valence-electron chi connectivity index (χ0n) is 9.94. The highest BCUT2D eigenvalue weighted by Gasteiger charge is 2.23. The molecular formula is C14H22N2. The van der Waals surface area contributed by atoms with E-state index < -0.39 is 0 Å². The van der Waals surface area contributed by atoms with Crippen molar-refractivity contribution >= 4 is 0 Å². The van der Waals surface area contributed by atoms with Crippen LogP contribution in [-0.2, 0) is 6.42 Å². The number of rotatable bonds is 7. The average molecular weight is 218 g/mol. The second-order valence-electron chi connectivity index (χ2n) is 4.77. The molecule has 88 valence electrons. The number of hydrogen-bond acceptors (Lipinski definition) is 2. The second kappa shape index (κ2) is 6.02. The average Bonchev–Trinajstić information content (AvgIpc) is 3.12. The fraction of sp³-hybridized carbons (Fsp3) is 0.571. The molecule has 0 spiro atoms. The van der Waals surface area contributed by atoms with E-state index in [-0.39, 0.29) is 0 Å². The third-order valence-corrected chi connectivity index (χ3v) is 3.22. The van der Waals surface area contributed by atoms with Gasteiger partial charge in [0.15, 0.2) is 0 Å². The first-order chi connectivity index (χ1) is 7.88. The Morgan fingerprint density at radius 3 is 2.50 bits per heavy atom. The van der Waals surface area contributed by atoms with Gasteiger partial charge in [-0.1, -0.05) is 30.3 Å². The fourth-order valence-electron chi connectivity index (χ4n) is 2.07. The summed E-state index contributed by atoms with van der Waals surface area (Å²) in [6.07, 6.45) is 3.99. The lowest BCUT2D eigenvalue weighted by Crippen LogP contribution is -2.33. The zero-order valence-corrected chi connectivity index (χ0v) is 9.94. The lowest BCUT2D eigenvalue weighted by atomic mass is 10.1. The number of nitrogens with two attached hydrogens (primary N) is 1. The Morgan fingerprint density at radius 2 is 1.88 bits per heavy atom. The molecule has 2 heteroatoms. The Balaban J connectivity index is 1.76. The maximum Gasteiger partial charge on any atom is 0.0105 e. The minimum atomic E-state index is 0.779. The van der Waals surface area contributed by atoms with Crippen LogP contribution in [0.5, 0.6) is 0 Å². The van der Waals surface area contributed by atoms with E-state index in [0.29, 0.717) is 0 Å². The molecule has 0 amide bonds. The van der Waals surface area contributed by atoms with Gasteiger partial charge in [-0.3, -0.25) is 0 Å². The predicted octanol–water partition coefficient (Wildman–Crippen LogP) is 1.90. The Kier molecular flexibility index (Phi) is 4.37. The smallest absolute Gasteiger partial charge is 0.0105 e. The minimum Gasteiger partial charge on any atom is -0.329 e. The number of hydrogen-bond donors (Lipinski definition) is 1. The summed E-state index contributed by atoms with van der Waals surface area (Å²) in [6.45, 7) is 4.23. The van der Waals surface area contributed by atoms with Gasteiger partial charge >= 0.3 is 0 Å². The van der Waals surface area contributed by atoms with E-state index in [0.717, 1.165) is 32.0 Å². The van der Waals surface area contributed by atoms with E-state index >= 15 is 0 Å². The lowest BCUT2D eigenvalue weighted by molar-refractivity contribution is 0.273. The molecule has 1 aliphatic carbocycles. The molecule has 0 aromatic heterocycles. The van der Waals surface area contributed by atoms with Gasteiger partial charge in [-0.25, -0.2) is 0 Å². The molecule has 2 rings (SSSR count). The van der Waals surface area contributed by atoms with Gasteiger partial charge in [0.1, 0.15) is 0 Å². The molecule has 1 aliphatic rings. The van der Waals surface area contributed by atoms with Crippen LogP contribution >= 0.6 is 0 Å². The van der Waals surface area contributed by atoms with Crippen LogP contribution < -0.4 is 5.73 Å². The Morgan fingerprint density at radius 1 is 1.12 bits per heavy atom. The van der Waals surface area contributed by atoms with E-state index in [2.05, 4.69) is 35.2 Å². The molecule has 2 N–H and O–H groups in total. The zero-order chi connectivity index (χ0) is 11.2. The highest BCUT2D eigenvalue weighted by Crippen LogP contribution is 2.29. The molecule has 0 heterocycles. The molecular weight excluding hydrogens is 196 g/mol. The molecule has 2 nitrogen and oxygen atoms in total. The molecule has 1 fully saturated rings. The van der Waals surface area contributed by atoms with Crippen LogP contribution in [0.1, 0.15) is 18.4 Å². The monoisotopic (exact) mass is 218 g/mol. The predicted molar refractivity (Wildman–Crippen MR) is 68.4 cm³/mol. The first-order valence-electron chi connectivity index (χ1n) is 6.35. The van der Waals surface area contributed by atoms with Gasteiger partial charge in [0.2, 0.25) is 0 Å². The van der Waals surface area contributed by atoms with E-state index in [1.54, 1.807) is 0 Å². The van der Waals surface area contributed by atoms with Crippen molar-refractivity contribution in [2.24, 2.45) is 11.7 Å². The molecule has 1 aromatic rings. The number of nitrogens with zero attached hydrogens (tertiary/aromatic N) is 1. The van der Waals surface area contributed by atoms with Gasteiger partial charge in [0.05, 0.1) is 0 Å². The molecule has 1 saturated carbocycles.